The second-order valence-corrected chi connectivity index (χ2v) is 8.07. The molecular weight excluding hydrogens is 436 g/mol. The molecule has 2 heterocycles. The molecule has 1 saturated heterocycles. The molecule has 7 nitrogen and oxygen atoms in total. The summed E-state index contributed by atoms with van der Waals surface area (Å²) in [6.45, 7) is -0.0635. The Morgan fingerprint density at radius 3 is 2.76 bits per heavy atom. The molecule has 1 fully saturated rings. The molecule has 2 aromatic carbocycles. The van der Waals surface area contributed by atoms with Crippen molar-refractivity contribution in [3.8, 4) is 11.5 Å². The summed E-state index contributed by atoms with van der Waals surface area (Å²) in [4.78, 5) is 27.2. The van der Waals surface area contributed by atoms with E-state index in [1.807, 2.05) is 48.5 Å². The zero-order valence-electron chi connectivity index (χ0n) is 15.4. The first-order chi connectivity index (χ1) is 14.1. The fraction of sp³-hybridized carbons (Fsp3) is 0.238. The molecule has 146 valence electrons. The first-order valence-corrected chi connectivity index (χ1v) is 10.2. The summed E-state index contributed by atoms with van der Waals surface area (Å²) in [5.74, 6) is 0.271. The second kappa shape index (κ2) is 6.81. The van der Waals surface area contributed by atoms with E-state index in [-0.39, 0.29) is 18.3 Å². The van der Waals surface area contributed by atoms with Crippen molar-refractivity contribution in [3.63, 3.8) is 0 Å². The second-order valence-electron chi connectivity index (χ2n) is 7.22. The van der Waals surface area contributed by atoms with Crippen molar-refractivity contribution in [1.29, 1.82) is 0 Å². The summed E-state index contributed by atoms with van der Waals surface area (Å²) in [5.41, 5.74) is 1.73. The van der Waals surface area contributed by atoms with Gasteiger partial charge in [-0.05, 0) is 58.5 Å². The van der Waals surface area contributed by atoms with E-state index < -0.39 is 11.6 Å². The van der Waals surface area contributed by atoms with Crippen molar-refractivity contribution < 1.29 is 14.0 Å². The number of aromatic nitrogens is 2. The molecule has 0 saturated carbocycles. The van der Waals surface area contributed by atoms with Crippen LogP contribution >= 0.6 is 15.9 Å². The van der Waals surface area contributed by atoms with E-state index in [0.29, 0.717) is 12.3 Å². The van der Waals surface area contributed by atoms with Gasteiger partial charge in [0.25, 0.3) is 5.91 Å². The van der Waals surface area contributed by atoms with E-state index in [0.717, 1.165) is 34.0 Å². The van der Waals surface area contributed by atoms with Crippen LogP contribution in [0.25, 0.3) is 11.5 Å². The van der Waals surface area contributed by atoms with Gasteiger partial charge in [-0.1, -0.05) is 36.4 Å². The van der Waals surface area contributed by atoms with Crippen molar-refractivity contribution >= 4 is 27.9 Å². The summed E-state index contributed by atoms with van der Waals surface area (Å²) in [7, 11) is 0. The van der Waals surface area contributed by atoms with Crippen molar-refractivity contribution in [2.45, 2.75) is 31.3 Å². The number of imide groups is 1. The Bertz CT molecular complexity index is 1130. The van der Waals surface area contributed by atoms with Gasteiger partial charge in [-0.25, -0.2) is 4.79 Å². The topological polar surface area (TPSA) is 88.3 Å². The van der Waals surface area contributed by atoms with Crippen LogP contribution in [0.1, 0.15) is 29.9 Å². The Morgan fingerprint density at radius 2 is 1.90 bits per heavy atom. The Kier molecular flexibility index (Phi) is 4.24. The molecule has 3 aromatic rings. The molecular formula is C21H17BrN4O3. The van der Waals surface area contributed by atoms with Gasteiger partial charge in [0, 0.05) is 4.47 Å². The van der Waals surface area contributed by atoms with Crippen LogP contribution < -0.4 is 5.32 Å². The molecule has 1 aliphatic heterocycles. The third-order valence-electron chi connectivity index (χ3n) is 5.52. The molecule has 29 heavy (non-hydrogen) atoms. The predicted octanol–water partition coefficient (Wildman–Crippen LogP) is 3.78. The molecule has 8 heteroatoms. The van der Waals surface area contributed by atoms with Gasteiger partial charge in [0.1, 0.15) is 12.1 Å². The molecule has 0 bridgehead atoms. The van der Waals surface area contributed by atoms with Crippen LogP contribution in [0.2, 0.25) is 0 Å². The minimum Gasteiger partial charge on any atom is -0.419 e. The molecule has 5 rings (SSSR count). The maximum absolute atomic E-state index is 13.3. The zero-order valence-corrected chi connectivity index (χ0v) is 17.0. The number of urea groups is 1. The highest BCUT2D eigenvalue weighted by Crippen LogP contribution is 2.40. The molecule has 0 radical (unpaired) electrons. The number of amides is 3. The summed E-state index contributed by atoms with van der Waals surface area (Å²) in [5, 5.41) is 11.0. The molecule has 1 spiro atoms. The predicted molar refractivity (Wildman–Crippen MR) is 108 cm³/mol. The lowest BCUT2D eigenvalue weighted by molar-refractivity contribution is -0.132. The molecule has 1 N–H and O–H groups in total. The van der Waals surface area contributed by atoms with E-state index in [2.05, 4.69) is 31.4 Å². The number of aryl methyl sites for hydroxylation is 1. The largest absolute Gasteiger partial charge is 0.419 e. The quantitative estimate of drug-likeness (QED) is 0.610. The monoisotopic (exact) mass is 452 g/mol. The maximum atomic E-state index is 13.3. The van der Waals surface area contributed by atoms with Crippen LogP contribution in [0, 0.1) is 0 Å². The van der Waals surface area contributed by atoms with Crippen LogP contribution in [0.3, 0.4) is 0 Å². The molecule has 1 atom stereocenters. The van der Waals surface area contributed by atoms with Gasteiger partial charge >= 0.3 is 6.03 Å². The molecule has 1 aliphatic carbocycles. The number of carbonyl (C=O) groups excluding carboxylic acids is 2. The van der Waals surface area contributed by atoms with Crippen molar-refractivity contribution in [2.75, 3.05) is 0 Å². The number of rotatable bonds is 3. The summed E-state index contributed by atoms with van der Waals surface area (Å²) >= 11 is 3.46. The number of nitrogens with zero attached hydrogens (tertiary/aromatic N) is 3. The number of carbonyl (C=O) groups is 2. The van der Waals surface area contributed by atoms with Gasteiger partial charge in [-0.3, -0.25) is 9.69 Å². The lowest BCUT2D eigenvalue weighted by Gasteiger charge is -2.33. The van der Waals surface area contributed by atoms with Gasteiger partial charge in [0.2, 0.25) is 11.8 Å². The Morgan fingerprint density at radius 1 is 1.10 bits per heavy atom. The lowest BCUT2D eigenvalue weighted by atomic mass is 9.76. The van der Waals surface area contributed by atoms with Gasteiger partial charge < -0.3 is 9.73 Å². The van der Waals surface area contributed by atoms with E-state index in [1.165, 1.54) is 4.90 Å². The van der Waals surface area contributed by atoms with Crippen molar-refractivity contribution in [2.24, 2.45) is 0 Å². The molecule has 0 unspecified atom stereocenters. The highest BCUT2D eigenvalue weighted by Gasteiger charge is 2.54. The summed E-state index contributed by atoms with van der Waals surface area (Å²) < 4.78 is 6.55. The molecule has 3 amide bonds. The van der Waals surface area contributed by atoms with Crippen LogP contribution in [-0.2, 0) is 23.3 Å². The number of fused-ring (bicyclic) bond motifs is 2. The highest BCUT2D eigenvalue weighted by atomic mass is 79.9. The normalized spacial score (nSPS) is 20.8. The Balaban J connectivity index is 1.44. The van der Waals surface area contributed by atoms with E-state index in [4.69, 9.17) is 4.42 Å². The third kappa shape index (κ3) is 2.86. The van der Waals surface area contributed by atoms with Crippen molar-refractivity contribution in [1.82, 2.24) is 20.4 Å². The fourth-order valence-corrected chi connectivity index (χ4v) is 4.61. The van der Waals surface area contributed by atoms with Gasteiger partial charge in [0.05, 0.1) is 5.56 Å². The van der Waals surface area contributed by atoms with E-state index in [1.54, 1.807) is 0 Å². The van der Waals surface area contributed by atoms with Gasteiger partial charge in [0.15, 0.2) is 0 Å². The maximum Gasteiger partial charge on any atom is 0.325 e. The zero-order chi connectivity index (χ0) is 20.0. The Hall–Kier alpha value is -3.00. The van der Waals surface area contributed by atoms with Crippen LogP contribution in [-0.4, -0.2) is 27.0 Å². The van der Waals surface area contributed by atoms with Gasteiger partial charge in [-0.15, -0.1) is 10.2 Å². The minimum absolute atomic E-state index is 0.0635. The van der Waals surface area contributed by atoms with Crippen molar-refractivity contribution in [3.05, 3.63) is 70.0 Å². The standard InChI is InChI=1S/C21H17BrN4O3/c22-16-10-4-2-8-14(16)18-25-24-17(29-18)12-26-19(27)21(23-20(26)28)11-5-7-13-6-1-3-9-15(13)21/h1-4,6,8-10H,5,7,11-12H2,(H,23,28)/t21-/m0/s1. The number of nitrogens with one attached hydrogen (secondary N) is 1. The van der Waals surface area contributed by atoms with E-state index >= 15 is 0 Å². The van der Waals surface area contributed by atoms with Crippen LogP contribution in [0.5, 0.6) is 0 Å². The number of halogens is 1. The number of benzene rings is 2. The van der Waals surface area contributed by atoms with E-state index in [9.17, 15) is 9.59 Å². The fourth-order valence-electron chi connectivity index (χ4n) is 4.15. The summed E-state index contributed by atoms with van der Waals surface area (Å²) in [6, 6.07) is 14.8. The first-order valence-electron chi connectivity index (χ1n) is 9.38. The highest BCUT2D eigenvalue weighted by molar-refractivity contribution is 9.10. The number of hydrogen-bond acceptors (Lipinski definition) is 5. The number of hydrogen-bond donors (Lipinski definition) is 1. The summed E-state index contributed by atoms with van der Waals surface area (Å²) in [6.07, 6.45) is 2.32. The smallest absolute Gasteiger partial charge is 0.325 e. The average Bonchev–Trinajstić information content (AvgIpc) is 3.28. The van der Waals surface area contributed by atoms with Gasteiger partial charge in [-0.2, -0.15) is 0 Å². The minimum atomic E-state index is -1.00. The Labute approximate surface area is 175 Å². The van der Waals surface area contributed by atoms with Crippen LogP contribution in [0.4, 0.5) is 4.79 Å². The van der Waals surface area contributed by atoms with Crippen LogP contribution in [0.15, 0.2) is 57.4 Å². The first kappa shape index (κ1) is 18.1. The lowest BCUT2D eigenvalue weighted by Crippen LogP contribution is -2.46. The average molecular weight is 453 g/mol. The third-order valence-corrected chi connectivity index (χ3v) is 6.21. The SMILES string of the molecule is O=C1N[C@]2(CCCc3ccccc32)C(=O)N1Cc1nnc(-c2ccccc2Br)o1. The molecule has 2 aliphatic rings. The molecule has 1 aromatic heterocycles.